The van der Waals surface area contributed by atoms with Crippen LogP contribution in [0.4, 0.5) is 20.6 Å². The van der Waals surface area contributed by atoms with E-state index in [1.165, 1.54) is 21.9 Å². The minimum absolute atomic E-state index is 0.190. The molecule has 2 unspecified atom stereocenters. The number of rotatable bonds is 5. The maximum atomic E-state index is 14.3. The first-order valence-electron chi connectivity index (χ1n) is 12.6. The highest BCUT2D eigenvalue weighted by atomic mass is 19.1. The lowest BCUT2D eigenvalue weighted by molar-refractivity contribution is -0.125. The third-order valence-corrected chi connectivity index (χ3v) is 6.53. The number of nitrogens with one attached hydrogen (secondary N) is 1. The zero-order valence-electron chi connectivity index (χ0n) is 22.1. The number of amides is 4. The Morgan fingerprint density at radius 2 is 1.74 bits per heavy atom. The van der Waals surface area contributed by atoms with Crippen LogP contribution in [0.3, 0.4) is 0 Å². The molecule has 0 bridgehead atoms. The molecule has 0 aromatic heterocycles. The molecule has 0 radical (unpaired) electrons. The Hall–Kier alpha value is -4.20. The van der Waals surface area contributed by atoms with Crippen LogP contribution in [-0.4, -0.2) is 36.0 Å². The zero-order chi connectivity index (χ0) is 27.6. The van der Waals surface area contributed by atoms with Crippen LogP contribution in [0.15, 0.2) is 72.8 Å². The highest BCUT2D eigenvalue weighted by molar-refractivity contribution is 6.08. The van der Waals surface area contributed by atoms with E-state index < -0.39 is 23.5 Å². The van der Waals surface area contributed by atoms with Gasteiger partial charge in [-0.3, -0.25) is 14.5 Å². The van der Waals surface area contributed by atoms with Gasteiger partial charge >= 0.3 is 6.03 Å². The summed E-state index contributed by atoms with van der Waals surface area (Å²) in [6, 6.07) is 18.9. The molecule has 2 atom stereocenters. The minimum Gasteiger partial charge on any atom is -0.351 e. The summed E-state index contributed by atoms with van der Waals surface area (Å²) >= 11 is 0. The average molecular weight is 517 g/mol. The highest BCUT2D eigenvalue weighted by Gasteiger charge is 2.41. The van der Waals surface area contributed by atoms with Crippen molar-refractivity contribution in [3.63, 3.8) is 0 Å². The van der Waals surface area contributed by atoms with Crippen LogP contribution in [-0.2, 0) is 9.59 Å². The van der Waals surface area contributed by atoms with Crippen LogP contribution in [0.2, 0.25) is 0 Å². The molecule has 0 saturated heterocycles. The van der Waals surface area contributed by atoms with Gasteiger partial charge in [0, 0.05) is 22.8 Å². The molecule has 0 saturated carbocycles. The van der Waals surface area contributed by atoms with E-state index in [0.717, 1.165) is 16.7 Å². The quantitative estimate of drug-likeness (QED) is 0.506. The van der Waals surface area contributed by atoms with E-state index in [9.17, 15) is 18.8 Å². The first kappa shape index (κ1) is 26.9. The lowest BCUT2D eigenvalue weighted by atomic mass is 9.85. The molecule has 0 fully saturated rings. The van der Waals surface area contributed by atoms with Crippen molar-refractivity contribution in [2.24, 2.45) is 5.73 Å². The van der Waals surface area contributed by atoms with Gasteiger partial charge in [0.1, 0.15) is 18.4 Å². The van der Waals surface area contributed by atoms with Gasteiger partial charge in [-0.1, -0.05) is 42.5 Å². The number of halogens is 1. The number of fused-ring (bicyclic) bond motifs is 1. The molecule has 7 nitrogen and oxygen atoms in total. The second-order valence-electron chi connectivity index (χ2n) is 10.7. The van der Waals surface area contributed by atoms with Crippen molar-refractivity contribution < 1.29 is 18.8 Å². The molecule has 8 heteroatoms. The van der Waals surface area contributed by atoms with E-state index >= 15 is 0 Å². The largest absolute Gasteiger partial charge is 0.351 e. The van der Waals surface area contributed by atoms with Crippen molar-refractivity contribution in [2.45, 2.75) is 51.6 Å². The number of para-hydroxylation sites is 1. The maximum Gasteiger partial charge on any atom is 0.320 e. The van der Waals surface area contributed by atoms with Crippen LogP contribution >= 0.6 is 0 Å². The Morgan fingerprint density at radius 3 is 2.37 bits per heavy atom. The molecular weight excluding hydrogens is 483 g/mol. The minimum atomic E-state index is -1.01. The van der Waals surface area contributed by atoms with Gasteiger partial charge in [-0.2, -0.15) is 0 Å². The number of nitrogens with two attached hydrogens (primary N) is 1. The van der Waals surface area contributed by atoms with Crippen LogP contribution in [0.25, 0.3) is 0 Å². The number of aryl methyl sites for hydroxylation is 1. The fourth-order valence-corrected chi connectivity index (χ4v) is 5.01. The van der Waals surface area contributed by atoms with Gasteiger partial charge < -0.3 is 16.0 Å². The molecule has 4 amide bonds. The molecule has 1 aliphatic rings. The SMILES string of the molecule is Cc1cccc(N(C(N)=O)C2CC(c3ccc(F)cc3)c3ccccc3N(CC(=O)NC(C)(C)C)C2=O)c1. The monoisotopic (exact) mass is 516 g/mol. The number of hydrogen-bond donors (Lipinski definition) is 2. The van der Waals surface area contributed by atoms with Crippen LogP contribution in [0.1, 0.15) is 49.8 Å². The number of anilines is 2. The van der Waals surface area contributed by atoms with Crippen molar-refractivity contribution in [3.8, 4) is 0 Å². The standard InChI is InChI=1S/C30H33FN4O3/c1-19-8-7-9-22(16-19)35(29(32)38)26-17-24(20-12-14-21(31)15-13-20)23-10-5-6-11-25(23)34(28(26)37)18-27(36)33-30(2,3)4/h5-16,24,26H,17-18H2,1-4H3,(H2,32,38)(H,33,36). The number of primary amides is 1. The predicted octanol–water partition coefficient (Wildman–Crippen LogP) is 4.87. The van der Waals surface area contributed by atoms with Gasteiger partial charge in [-0.15, -0.1) is 0 Å². The lowest BCUT2D eigenvalue weighted by Crippen LogP contribution is -2.55. The van der Waals surface area contributed by atoms with Crippen molar-refractivity contribution in [2.75, 3.05) is 16.3 Å². The maximum absolute atomic E-state index is 14.3. The normalized spacial score (nSPS) is 17.4. The number of hydrogen-bond acceptors (Lipinski definition) is 3. The summed E-state index contributed by atoms with van der Waals surface area (Å²) in [6.07, 6.45) is 0.190. The lowest BCUT2D eigenvalue weighted by Gasteiger charge is -2.33. The summed E-state index contributed by atoms with van der Waals surface area (Å²) in [7, 11) is 0. The van der Waals surface area contributed by atoms with E-state index in [1.807, 2.05) is 45.9 Å². The summed E-state index contributed by atoms with van der Waals surface area (Å²) < 4.78 is 13.8. The summed E-state index contributed by atoms with van der Waals surface area (Å²) in [6.45, 7) is 7.24. The van der Waals surface area contributed by atoms with E-state index in [1.54, 1.807) is 42.5 Å². The molecule has 4 rings (SSSR count). The summed E-state index contributed by atoms with van der Waals surface area (Å²) in [5.41, 5.74) is 8.92. The molecule has 198 valence electrons. The molecular formula is C30H33FN4O3. The predicted molar refractivity (Wildman–Crippen MR) is 147 cm³/mol. The van der Waals surface area contributed by atoms with Gasteiger partial charge in [-0.25, -0.2) is 9.18 Å². The zero-order valence-corrected chi connectivity index (χ0v) is 22.1. The number of nitrogens with zero attached hydrogens (tertiary/aromatic N) is 2. The van der Waals surface area contributed by atoms with Crippen molar-refractivity contribution in [1.29, 1.82) is 0 Å². The van der Waals surface area contributed by atoms with Gasteiger partial charge in [0.05, 0.1) is 0 Å². The number of carbonyl (C=O) groups is 3. The van der Waals surface area contributed by atoms with E-state index in [-0.39, 0.29) is 30.6 Å². The highest BCUT2D eigenvalue weighted by Crippen LogP contribution is 2.41. The molecule has 0 spiro atoms. The van der Waals surface area contributed by atoms with Crippen LogP contribution < -0.4 is 20.9 Å². The average Bonchev–Trinajstić information content (AvgIpc) is 2.94. The van der Waals surface area contributed by atoms with Crippen LogP contribution in [0.5, 0.6) is 0 Å². The topological polar surface area (TPSA) is 95.7 Å². The molecule has 3 aromatic carbocycles. The molecule has 1 heterocycles. The van der Waals surface area contributed by atoms with Gasteiger partial charge in [0.25, 0.3) is 5.91 Å². The van der Waals surface area contributed by atoms with Crippen molar-refractivity contribution >= 4 is 29.2 Å². The molecule has 3 aromatic rings. The number of benzene rings is 3. The first-order valence-corrected chi connectivity index (χ1v) is 12.6. The summed E-state index contributed by atoms with van der Waals surface area (Å²) in [4.78, 5) is 43.0. The number of urea groups is 1. The molecule has 38 heavy (non-hydrogen) atoms. The summed E-state index contributed by atoms with van der Waals surface area (Å²) in [5.74, 6) is -1.50. The third kappa shape index (κ3) is 5.85. The molecule has 1 aliphatic heterocycles. The second-order valence-corrected chi connectivity index (χ2v) is 10.7. The molecule has 0 aliphatic carbocycles. The Morgan fingerprint density at radius 1 is 1.05 bits per heavy atom. The van der Waals surface area contributed by atoms with Gasteiger partial charge in [-0.05, 0) is 81.1 Å². The fraction of sp³-hybridized carbons (Fsp3) is 0.300. The van der Waals surface area contributed by atoms with Crippen LogP contribution in [0, 0.1) is 12.7 Å². The smallest absolute Gasteiger partial charge is 0.320 e. The van der Waals surface area contributed by atoms with Gasteiger partial charge in [0.2, 0.25) is 5.91 Å². The van der Waals surface area contributed by atoms with Gasteiger partial charge in [0.15, 0.2) is 0 Å². The van der Waals surface area contributed by atoms with E-state index in [2.05, 4.69) is 5.32 Å². The number of carbonyl (C=O) groups excluding carboxylic acids is 3. The Balaban J connectivity index is 1.88. The second kappa shape index (κ2) is 10.7. The summed E-state index contributed by atoms with van der Waals surface area (Å²) in [5, 5.41) is 2.91. The van der Waals surface area contributed by atoms with Crippen molar-refractivity contribution in [1.82, 2.24) is 5.32 Å². The van der Waals surface area contributed by atoms with E-state index in [4.69, 9.17) is 5.73 Å². The first-order chi connectivity index (χ1) is 17.9. The Kier molecular flexibility index (Phi) is 7.53. The molecule has 3 N–H and O–H groups in total. The Labute approximate surface area is 222 Å². The Bertz CT molecular complexity index is 1350. The van der Waals surface area contributed by atoms with Crippen molar-refractivity contribution in [3.05, 3.63) is 95.3 Å². The fourth-order valence-electron chi connectivity index (χ4n) is 5.01. The van der Waals surface area contributed by atoms with E-state index in [0.29, 0.717) is 11.4 Å². The third-order valence-electron chi connectivity index (χ3n) is 6.53.